The van der Waals surface area contributed by atoms with Crippen molar-refractivity contribution in [3.8, 4) is 6.07 Å². The van der Waals surface area contributed by atoms with Crippen LogP contribution in [0.2, 0.25) is 0 Å². The van der Waals surface area contributed by atoms with Gasteiger partial charge in [0.15, 0.2) is 0 Å². The molecule has 2 rings (SSSR count). The minimum atomic E-state index is 0.471. The lowest BCUT2D eigenvalue weighted by Crippen LogP contribution is -1.83. The summed E-state index contributed by atoms with van der Waals surface area (Å²) in [6.45, 7) is 0. The molecule has 1 aromatic carbocycles. The number of halogens is 1. The first-order chi connectivity index (χ1) is 6.31. The van der Waals surface area contributed by atoms with E-state index in [-0.39, 0.29) is 0 Å². The predicted molar refractivity (Wildman–Crippen MR) is 54.2 cm³/mol. The number of benzene rings is 1. The molecule has 0 N–H and O–H groups in total. The van der Waals surface area contributed by atoms with Crippen molar-refractivity contribution in [2.75, 3.05) is 0 Å². The average molecular weight is 233 g/mol. The van der Waals surface area contributed by atoms with E-state index < -0.39 is 0 Å². The quantitative estimate of drug-likeness (QED) is 0.701. The van der Waals surface area contributed by atoms with E-state index in [2.05, 4.69) is 27.0 Å². The molecule has 0 unspecified atom stereocenters. The molecule has 0 radical (unpaired) electrons. The Balaban J connectivity index is 2.89. The number of rotatable bonds is 0. The predicted octanol–water partition coefficient (Wildman–Crippen LogP) is 2.87. The number of fused-ring (bicyclic) bond motifs is 1. The molecule has 0 bridgehead atoms. The first-order valence-corrected chi connectivity index (χ1v) is 4.55. The van der Waals surface area contributed by atoms with Gasteiger partial charge in [-0.15, -0.1) is 0 Å². The van der Waals surface area contributed by atoms with Gasteiger partial charge in [0.1, 0.15) is 11.8 Å². The number of aromatic nitrogens is 1. The summed E-state index contributed by atoms with van der Waals surface area (Å²) < 4.78 is 0.963. The molecule has 13 heavy (non-hydrogen) atoms. The summed E-state index contributed by atoms with van der Waals surface area (Å²) in [5, 5.41) is 10.7. The summed E-state index contributed by atoms with van der Waals surface area (Å²) in [7, 11) is 0. The Bertz CT molecular complexity index is 500. The van der Waals surface area contributed by atoms with Gasteiger partial charge in [0, 0.05) is 16.1 Å². The van der Waals surface area contributed by atoms with Crippen LogP contribution in [0.3, 0.4) is 0 Å². The number of nitriles is 1. The molecule has 0 amide bonds. The van der Waals surface area contributed by atoms with Gasteiger partial charge >= 0.3 is 0 Å². The van der Waals surface area contributed by atoms with Crippen LogP contribution in [0.1, 0.15) is 5.69 Å². The first-order valence-electron chi connectivity index (χ1n) is 3.75. The maximum atomic E-state index is 8.80. The third kappa shape index (κ3) is 1.41. The van der Waals surface area contributed by atoms with E-state index in [0.717, 1.165) is 15.2 Å². The fourth-order valence-corrected chi connectivity index (χ4v) is 1.59. The van der Waals surface area contributed by atoms with Crippen LogP contribution in [0.25, 0.3) is 10.8 Å². The normalized spacial score (nSPS) is 9.85. The minimum Gasteiger partial charge on any atom is -0.245 e. The zero-order valence-electron chi connectivity index (χ0n) is 6.66. The van der Waals surface area contributed by atoms with Crippen LogP contribution in [-0.2, 0) is 0 Å². The second-order valence-corrected chi connectivity index (χ2v) is 3.55. The molecule has 0 saturated carbocycles. The van der Waals surface area contributed by atoms with E-state index in [1.165, 1.54) is 0 Å². The molecule has 0 fully saturated rings. The molecule has 1 aromatic heterocycles. The van der Waals surface area contributed by atoms with Gasteiger partial charge in [0.25, 0.3) is 0 Å². The summed E-state index contributed by atoms with van der Waals surface area (Å²) in [6, 6.07) is 9.77. The van der Waals surface area contributed by atoms with Crippen LogP contribution in [-0.4, -0.2) is 4.98 Å². The highest BCUT2D eigenvalue weighted by Gasteiger charge is 2.00. The van der Waals surface area contributed by atoms with Crippen LogP contribution >= 0.6 is 15.9 Å². The molecule has 0 atom stereocenters. The molecule has 0 aliphatic heterocycles. The maximum Gasteiger partial charge on any atom is 0.148 e. The Morgan fingerprint density at radius 1 is 1.31 bits per heavy atom. The molecule has 62 valence electrons. The van der Waals surface area contributed by atoms with Crippen molar-refractivity contribution in [2.45, 2.75) is 0 Å². The van der Waals surface area contributed by atoms with E-state index in [1.807, 2.05) is 24.3 Å². The van der Waals surface area contributed by atoms with Gasteiger partial charge in [0.05, 0.1) is 0 Å². The highest BCUT2D eigenvalue weighted by atomic mass is 79.9. The smallest absolute Gasteiger partial charge is 0.148 e. The van der Waals surface area contributed by atoms with Crippen LogP contribution in [0.4, 0.5) is 0 Å². The molecule has 2 nitrogen and oxygen atoms in total. The van der Waals surface area contributed by atoms with Gasteiger partial charge in [-0.3, -0.25) is 0 Å². The molecule has 2 aromatic rings. The van der Waals surface area contributed by atoms with Crippen molar-refractivity contribution in [3.05, 3.63) is 40.6 Å². The van der Waals surface area contributed by atoms with Crippen molar-refractivity contribution in [3.63, 3.8) is 0 Å². The van der Waals surface area contributed by atoms with Crippen molar-refractivity contribution >= 4 is 26.7 Å². The Labute approximate surface area is 84.0 Å². The number of nitrogens with zero attached hydrogens (tertiary/aromatic N) is 2. The molecule has 0 spiro atoms. The Hall–Kier alpha value is -1.40. The molecular weight excluding hydrogens is 228 g/mol. The molecular formula is C10H5BrN2. The fourth-order valence-electron chi connectivity index (χ4n) is 1.23. The molecule has 0 aliphatic rings. The van der Waals surface area contributed by atoms with Crippen LogP contribution < -0.4 is 0 Å². The SMILES string of the molecule is N#Cc1nccc2ccc(Br)cc12. The summed E-state index contributed by atoms with van der Waals surface area (Å²) in [6.07, 6.45) is 1.65. The summed E-state index contributed by atoms with van der Waals surface area (Å²) in [4.78, 5) is 3.98. The second-order valence-electron chi connectivity index (χ2n) is 2.64. The highest BCUT2D eigenvalue weighted by molar-refractivity contribution is 9.10. The van der Waals surface area contributed by atoms with Gasteiger partial charge in [-0.2, -0.15) is 5.26 Å². The van der Waals surface area contributed by atoms with Gasteiger partial charge < -0.3 is 0 Å². The van der Waals surface area contributed by atoms with Gasteiger partial charge in [-0.1, -0.05) is 22.0 Å². The van der Waals surface area contributed by atoms with E-state index in [1.54, 1.807) is 6.20 Å². The standard InChI is InChI=1S/C10H5BrN2/c11-8-2-1-7-3-4-13-10(6-12)9(7)5-8/h1-5H. The first kappa shape index (κ1) is 8.21. The summed E-state index contributed by atoms with van der Waals surface area (Å²) in [5.41, 5.74) is 0.471. The second kappa shape index (κ2) is 3.15. The molecule has 0 saturated heterocycles. The van der Waals surface area contributed by atoms with Crippen molar-refractivity contribution in [1.29, 1.82) is 5.26 Å². The van der Waals surface area contributed by atoms with Gasteiger partial charge in [-0.25, -0.2) is 4.98 Å². The molecule has 1 heterocycles. The largest absolute Gasteiger partial charge is 0.245 e. The van der Waals surface area contributed by atoms with Crippen LogP contribution in [0.5, 0.6) is 0 Å². The summed E-state index contributed by atoms with van der Waals surface area (Å²) >= 11 is 3.36. The Kier molecular flexibility index (Phi) is 1.99. The zero-order valence-corrected chi connectivity index (χ0v) is 8.25. The maximum absolute atomic E-state index is 8.80. The van der Waals surface area contributed by atoms with E-state index >= 15 is 0 Å². The van der Waals surface area contributed by atoms with Crippen LogP contribution in [0.15, 0.2) is 34.9 Å². The number of hydrogen-bond acceptors (Lipinski definition) is 2. The van der Waals surface area contributed by atoms with Crippen LogP contribution in [0, 0.1) is 11.3 Å². The topological polar surface area (TPSA) is 36.7 Å². The van der Waals surface area contributed by atoms with E-state index in [4.69, 9.17) is 5.26 Å². The van der Waals surface area contributed by atoms with Crippen molar-refractivity contribution in [2.24, 2.45) is 0 Å². The zero-order chi connectivity index (χ0) is 9.26. The van der Waals surface area contributed by atoms with Crippen molar-refractivity contribution in [1.82, 2.24) is 4.98 Å². The third-order valence-electron chi connectivity index (χ3n) is 1.83. The lowest BCUT2D eigenvalue weighted by atomic mass is 10.1. The average Bonchev–Trinajstić information content (AvgIpc) is 2.17. The Morgan fingerprint density at radius 3 is 2.92 bits per heavy atom. The number of pyridine rings is 1. The molecule has 0 aliphatic carbocycles. The fraction of sp³-hybridized carbons (Fsp3) is 0. The number of hydrogen-bond donors (Lipinski definition) is 0. The lowest BCUT2D eigenvalue weighted by molar-refractivity contribution is 1.30. The van der Waals surface area contributed by atoms with Crippen molar-refractivity contribution < 1.29 is 0 Å². The Morgan fingerprint density at radius 2 is 2.15 bits per heavy atom. The minimum absolute atomic E-state index is 0.471. The summed E-state index contributed by atoms with van der Waals surface area (Å²) in [5.74, 6) is 0. The van der Waals surface area contributed by atoms with Gasteiger partial charge in [-0.05, 0) is 23.6 Å². The highest BCUT2D eigenvalue weighted by Crippen LogP contribution is 2.20. The van der Waals surface area contributed by atoms with Gasteiger partial charge in [0.2, 0.25) is 0 Å². The monoisotopic (exact) mass is 232 g/mol. The van der Waals surface area contributed by atoms with E-state index in [0.29, 0.717) is 5.69 Å². The lowest BCUT2D eigenvalue weighted by Gasteiger charge is -1.98. The third-order valence-corrected chi connectivity index (χ3v) is 2.33. The van der Waals surface area contributed by atoms with E-state index in [9.17, 15) is 0 Å². The molecule has 3 heteroatoms.